The first kappa shape index (κ1) is 9.15. The number of imidazole rings is 1. The molecular formula is C10H14N4. The van der Waals surface area contributed by atoms with Crippen LogP contribution in [0.4, 0.5) is 0 Å². The first-order valence-electron chi connectivity index (χ1n) is 4.88. The lowest BCUT2D eigenvalue weighted by Crippen LogP contribution is -2.00. The molecule has 0 aromatic carbocycles. The minimum Gasteiger partial charge on any atom is -0.330 e. The van der Waals surface area contributed by atoms with Crippen molar-refractivity contribution < 1.29 is 0 Å². The number of fused-ring (bicyclic) bond motifs is 1. The van der Waals surface area contributed by atoms with Gasteiger partial charge in [0, 0.05) is 24.3 Å². The van der Waals surface area contributed by atoms with Gasteiger partial charge in [-0.25, -0.2) is 4.98 Å². The van der Waals surface area contributed by atoms with Crippen LogP contribution in [0.1, 0.15) is 18.5 Å². The molecule has 0 aliphatic heterocycles. The molecule has 0 aliphatic carbocycles. The fourth-order valence-electron chi connectivity index (χ4n) is 1.53. The molecule has 2 heterocycles. The summed E-state index contributed by atoms with van der Waals surface area (Å²) in [6, 6.07) is 0. The summed E-state index contributed by atoms with van der Waals surface area (Å²) in [4.78, 5) is 8.29. The zero-order valence-corrected chi connectivity index (χ0v) is 8.06. The predicted molar refractivity (Wildman–Crippen MR) is 55.0 cm³/mol. The number of nitrogens with zero attached hydrogens (tertiary/aromatic N) is 3. The molecule has 14 heavy (non-hydrogen) atoms. The van der Waals surface area contributed by atoms with E-state index < -0.39 is 0 Å². The van der Waals surface area contributed by atoms with Gasteiger partial charge in [-0.1, -0.05) is 0 Å². The van der Waals surface area contributed by atoms with E-state index in [4.69, 9.17) is 5.73 Å². The second-order valence-electron chi connectivity index (χ2n) is 3.30. The summed E-state index contributed by atoms with van der Waals surface area (Å²) >= 11 is 0. The SMILES string of the molecule is NCCCCc1cnc2cnccn12. The number of unbranched alkanes of at least 4 members (excludes halogenated alkanes) is 1. The molecule has 4 nitrogen and oxygen atoms in total. The zero-order valence-electron chi connectivity index (χ0n) is 8.06. The molecule has 0 radical (unpaired) electrons. The summed E-state index contributed by atoms with van der Waals surface area (Å²) in [7, 11) is 0. The summed E-state index contributed by atoms with van der Waals surface area (Å²) in [5.41, 5.74) is 7.59. The van der Waals surface area contributed by atoms with E-state index >= 15 is 0 Å². The molecule has 2 rings (SSSR count). The van der Waals surface area contributed by atoms with Crippen molar-refractivity contribution >= 4 is 5.65 Å². The van der Waals surface area contributed by atoms with Gasteiger partial charge >= 0.3 is 0 Å². The van der Waals surface area contributed by atoms with Crippen LogP contribution in [-0.2, 0) is 6.42 Å². The monoisotopic (exact) mass is 190 g/mol. The number of nitrogens with two attached hydrogens (primary N) is 1. The molecule has 2 aromatic heterocycles. The van der Waals surface area contributed by atoms with Crippen LogP contribution in [0.25, 0.3) is 5.65 Å². The molecule has 2 N–H and O–H groups in total. The van der Waals surface area contributed by atoms with Gasteiger partial charge in [0.15, 0.2) is 5.65 Å². The minimum atomic E-state index is 0.762. The van der Waals surface area contributed by atoms with Crippen molar-refractivity contribution in [3.8, 4) is 0 Å². The largest absolute Gasteiger partial charge is 0.330 e. The molecule has 0 aliphatic rings. The summed E-state index contributed by atoms with van der Waals surface area (Å²) in [6.45, 7) is 0.762. The van der Waals surface area contributed by atoms with E-state index in [0.717, 1.165) is 31.5 Å². The first-order chi connectivity index (χ1) is 6.92. The lowest BCUT2D eigenvalue weighted by atomic mass is 10.2. The highest BCUT2D eigenvalue weighted by Crippen LogP contribution is 2.07. The topological polar surface area (TPSA) is 56.2 Å². The quantitative estimate of drug-likeness (QED) is 0.732. The summed E-state index contributed by atoms with van der Waals surface area (Å²) in [5.74, 6) is 0. The Balaban J connectivity index is 2.17. The lowest BCUT2D eigenvalue weighted by Gasteiger charge is -1.99. The van der Waals surface area contributed by atoms with Crippen molar-refractivity contribution in [2.24, 2.45) is 5.73 Å². The second-order valence-corrected chi connectivity index (χ2v) is 3.30. The van der Waals surface area contributed by atoms with Gasteiger partial charge in [-0.3, -0.25) is 4.98 Å². The smallest absolute Gasteiger partial charge is 0.155 e. The van der Waals surface area contributed by atoms with Crippen molar-refractivity contribution in [2.75, 3.05) is 6.54 Å². The Hall–Kier alpha value is -1.42. The normalized spacial score (nSPS) is 10.9. The van der Waals surface area contributed by atoms with E-state index in [1.807, 2.05) is 12.4 Å². The predicted octanol–water partition coefficient (Wildman–Crippen LogP) is 1.01. The lowest BCUT2D eigenvalue weighted by molar-refractivity contribution is 0.728. The Labute approximate surface area is 82.8 Å². The highest BCUT2D eigenvalue weighted by molar-refractivity contribution is 5.36. The Bertz CT molecular complexity index is 407. The molecule has 0 unspecified atom stereocenters. The van der Waals surface area contributed by atoms with Gasteiger partial charge in [-0.05, 0) is 25.8 Å². The maximum atomic E-state index is 5.45. The molecule has 0 bridgehead atoms. The molecule has 0 saturated heterocycles. The van der Waals surface area contributed by atoms with E-state index in [0.29, 0.717) is 0 Å². The van der Waals surface area contributed by atoms with Gasteiger partial charge in [0.25, 0.3) is 0 Å². The van der Waals surface area contributed by atoms with Crippen LogP contribution in [0.5, 0.6) is 0 Å². The zero-order chi connectivity index (χ0) is 9.80. The number of hydrogen-bond acceptors (Lipinski definition) is 3. The maximum Gasteiger partial charge on any atom is 0.155 e. The molecule has 0 spiro atoms. The fraction of sp³-hybridized carbons (Fsp3) is 0.400. The third kappa shape index (κ3) is 1.75. The molecule has 4 heteroatoms. The van der Waals surface area contributed by atoms with Crippen LogP contribution in [0.15, 0.2) is 24.8 Å². The maximum absolute atomic E-state index is 5.45. The highest BCUT2D eigenvalue weighted by Gasteiger charge is 2.01. The van der Waals surface area contributed by atoms with Crippen LogP contribution in [0.3, 0.4) is 0 Å². The van der Waals surface area contributed by atoms with Gasteiger partial charge in [0.05, 0.1) is 6.20 Å². The average molecular weight is 190 g/mol. The minimum absolute atomic E-state index is 0.762. The fourth-order valence-corrected chi connectivity index (χ4v) is 1.53. The third-order valence-electron chi connectivity index (χ3n) is 2.28. The highest BCUT2D eigenvalue weighted by atomic mass is 15.0. The van der Waals surface area contributed by atoms with Crippen molar-refractivity contribution in [1.29, 1.82) is 0 Å². The van der Waals surface area contributed by atoms with Crippen LogP contribution in [-0.4, -0.2) is 20.9 Å². The van der Waals surface area contributed by atoms with Gasteiger partial charge in [0.1, 0.15) is 0 Å². The van der Waals surface area contributed by atoms with Crippen LogP contribution < -0.4 is 5.73 Å². The Morgan fingerprint density at radius 1 is 1.29 bits per heavy atom. The summed E-state index contributed by atoms with van der Waals surface area (Å²) in [6.07, 6.45) is 10.6. The van der Waals surface area contributed by atoms with Gasteiger partial charge in [-0.2, -0.15) is 0 Å². The first-order valence-corrected chi connectivity index (χ1v) is 4.88. The molecular weight excluding hydrogens is 176 g/mol. The summed E-state index contributed by atoms with van der Waals surface area (Å²) < 4.78 is 2.07. The number of rotatable bonds is 4. The van der Waals surface area contributed by atoms with E-state index in [1.165, 1.54) is 5.69 Å². The van der Waals surface area contributed by atoms with Crippen LogP contribution in [0, 0.1) is 0 Å². The number of hydrogen-bond donors (Lipinski definition) is 1. The van der Waals surface area contributed by atoms with E-state index in [-0.39, 0.29) is 0 Å². The van der Waals surface area contributed by atoms with Crippen molar-refractivity contribution in [2.45, 2.75) is 19.3 Å². The molecule has 2 aromatic rings. The molecule has 74 valence electrons. The van der Waals surface area contributed by atoms with E-state index in [9.17, 15) is 0 Å². The Kier molecular flexibility index (Phi) is 2.74. The van der Waals surface area contributed by atoms with Gasteiger partial charge in [0.2, 0.25) is 0 Å². The Morgan fingerprint density at radius 3 is 3.07 bits per heavy atom. The van der Waals surface area contributed by atoms with Crippen molar-refractivity contribution in [1.82, 2.24) is 14.4 Å². The van der Waals surface area contributed by atoms with E-state index in [2.05, 4.69) is 14.4 Å². The Morgan fingerprint density at radius 2 is 2.21 bits per heavy atom. The molecule has 0 amide bonds. The van der Waals surface area contributed by atoms with Gasteiger partial charge < -0.3 is 10.1 Å². The molecule has 0 saturated carbocycles. The van der Waals surface area contributed by atoms with Crippen LogP contribution >= 0.6 is 0 Å². The standard InChI is InChI=1S/C10H14N4/c11-4-2-1-3-9-7-13-10-8-12-5-6-14(9)10/h5-8H,1-4,11H2. The average Bonchev–Trinajstić information content (AvgIpc) is 2.63. The molecule has 0 atom stereocenters. The van der Waals surface area contributed by atoms with Gasteiger partial charge in [-0.15, -0.1) is 0 Å². The molecule has 0 fully saturated rings. The number of aromatic nitrogens is 3. The number of aryl methyl sites for hydroxylation is 1. The third-order valence-corrected chi connectivity index (χ3v) is 2.28. The van der Waals surface area contributed by atoms with Crippen molar-refractivity contribution in [3.05, 3.63) is 30.5 Å². The van der Waals surface area contributed by atoms with E-state index in [1.54, 1.807) is 12.4 Å². The van der Waals surface area contributed by atoms with Crippen LogP contribution in [0.2, 0.25) is 0 Å². The summed E-state index contributed by atoms with van der Waals surface area (Å²) in [5, 5.41) is 0. The van der Waals surface area contributed by atoms with Crippen molar-refractivity contribution in [3.63, 3.8) is 0 Å². The second kappa shape index (κ2) is 4.19.